The minimum Gasteiger partial charge on any atom is -0.303 e. The van der Waals surface area contributed by atoms with Gasteiger partial charge in [0.15, 0.2) is 0 Å². The molecule has 2 unspecified atom stereocenters. The zero-order valence-electron chi connectivity index (χ0n) is 9.96. The molecule has 1 nitrogen and oxygen atoms in total. The minimum absolute atomic E-state index is 0.119. The lowest BCUT2D eigenvalue weighted by atomic mass is 9.98. The summed E-state index contributed by atoms with van der Waals surface area (Å²) in [6.45, 7) is 6.58. The predicted molar refractivity (Wildman–Crippen MR) is 68.3 cm³/mol. The fourth-order valence-corrected chi connectivity index (χ4v) is 3.25. The van der Waals surface area contributed by atoms with Crippen molar-refractivity contribution in [2.75, 3.05) is 5.75 Å². The highest BCUT2D eigenvalue weighted by Crippen LogP contribution is 2.35. The lowest BCUT2D eigenvalue weighted by molar-refractivity contribution is 0.352. The van der Waals surface area contributed by atoms with Gasteiger partial charge in [0.25, 0.3) is 0 Å². The third kappa shape index (κ3) is 2.58. The van der Waals surface area contributed by atoms with Gasteiger partial charge in [0.05, 0.1) is 0 Å². The van der Waals surface area contributed by atoms with Crippen molar-refractivity contribution in [3.05, 3.63) is 35.6 Å². The van der Waals surface area contributed by atoms with Gasteiger partial charge >= 0.3 is 0 Å². The summed E-state index contributed by atoms with van der Waals surface area (Å²) in [7, 11) is 0. The summed E-state index contributed by atoms with van der Waals surface area (Å²) in [5.41, 5.74) is 1.17. The molecule has 16 heavy (non-hydrogen) atoms. The largest absolute Gasteiger partial charge is 0.303 e. The molecule has 1 aromatic carbocycles. The lowest BCUT2D eigenvalue weighted by Gasteiger charge is -2.41. The van der Waals surface area contributed by atoms with Crippen molar-refractivity contribution in [3.8, 4) is 0 Å². The van der Waals surface area contributed by atoms with E-state index < -0.39 is 0 Å². The molecule has 0 radical (unpaired) electrons. The van der Waals surface area contributed by atoms with Gasteiger partial charge < -0.3 is 5.32 Å². The Balaban J connectivity index is 2.25. The van der Waals surface area contributed by atoms with Gasteiger partial charge in [0.2, 0.25) is 0 Å². The van der Waals surface area contributed by atoms with Crippen molar-refractivity contribution in [1.29, 1.82) is 0 Å². The van der Waals surface area contributed by atoms with Crippen LogP contribution in [0.15, 0.2) is 24.3 Å². The molecule has 0 saturated carbocycles. The summed E-state index contributed by atoms with van der Waals surface area (Å²) in [6, 6.07) is 7.15. The molecule has 1 fully saturated rings. The molecule has 2 atom stereocenters. The highest BCUT2D eigenvalue weighted by molar-refractivity contribution is 8.00. The average molecular weight is 239 g/mol. The zero-order valence-corrected chi connectivity index (χ0v) is 10.8. The second-order valence-electron chi connectivity index (χ2n) is 5.08. The fraction of sp³-hybridized carbons (Fsp3) is 0.538. The van der Waals surface area contributed by atoms with Gasteiger partial charge in [-0.2, -0.15) is 11.8 Å². The number of hydrogen-bond donors (Lipinski definition) is 1. The van der Waals surface area contributed by atoms with Crippen LogP contribution in [0.5, 0.6) is 0 Å². The normalized spacial score (nSPS) is 29.0. The molecule has 1 heterocycles. The van der Waals surface area contributed by atoms with Crippen molar-refractivity contribution in [2.45, 2.75) is 37.6 Å². The quantitative estimate of drug-likeness (QED) is 0.806. The molecule has 0 spiro atoms. The molecule has 88 valence electrons. The maximum atomic E-state index is 13.2. The molecule has 1 aliphatic heterocycles. The highest BCUT2D eigenvalue weighted by Gasteiger charge is 2.33. The topological polar surface area (TPSA) is 12.0 Å². The zero-order chi connectivity index (χ0) is 11.8. The molecule has 0 amide bonds. The summed E-state index contributed by atoms with van der Waals surface area (Å²) >= 11 is 1.95. The average Bonchev–Trinajstić information content (AvgIpc) is 2.22. The number of hydrogen-bond acceptors (Lipinski definition) is 2. The first kappa shape index (κ1) is 11.9. The first-order valence-corrected chi connectivity index (χ1v) is 6.68. The van der Waals surface area contributed by atoms with E-state index in [2.05, 4.69) is 26.1 Å². The Hall–Kier alpha value is -0.540. The monoisotopic (exact) mass is 239 g/mol. The summed E-state index contributed by atoms with van der Waals surface area (Å²) in [6.07, 6.45) is 0. The predicted octanol–water partition coefficient (Wildman–Crippen LogP) is 3.37. The number of benzene rings is 1. The van der Waals surface area contributed by atoms with E-state index in [1.165, 1.54) is 6.07 Å². The second-order valence-corrected chi connectivity index (χ2v) is 6.44. The molecule has 1 aromatic rings. The number of thioether (sulfide) groups is 1. The Morgan fingerprint density at radius 1 is 1.44 bits per heavy atom. The Morgan fingerprint density at radius 2 is 2.19 bits per heavy atom. The number of halogens is 1. The number of nitrogens with one attached hydrogen (secondary N) is 1. The van der Waals surface area contributed by atoms with Crippen LogP contribution in [-0.2, 0) is 0 Å². The molecule has 1 saturated heterocycles. The van der Waals surface area contributed by atoms with Gasteiger partial charge in [0.1, 0.15) is 5.82 Å². The van der Waals surface area contributed by atoms with Gasteiger partial charge in [-0.3, -0.25) is 0 Å². The maximum absolute atomic E-state index is 13.2. The summed E-state index contributed by atoms with van der Waals surface area (Å²) in [5, 5.41) is 4.08. The van der Waals surface area contributed by atoms with E-state index in [4.69, 9.17) is 0 Å². The Labute approximate surface area is 101 Å². The molecular formula is C13H18FNS. The van der Waals surface area contributed by atoms with Crippen LogP contribution in [0, 0.1) is 5.82 Å². The van der Waals surface area contributed by atoms with Crippen LogP contribution in [-0.4, -0.2) is 16.5 Å². The van der Waals surface area contributed by atoms with Crippen molar-refractivity contribution in [1.82, 2.24) is 5.32 Å². The Morgan fingerprint density at radius 3 is 2.88 bits per heavy atom. The molecule has 2 rings (SSSR count). The summed E-state index contributed by atoms with van der Waals surface area (Å²) in [5.74, 6) is 0.944. The molecule has 0 aliphatic carbocycles. The third-order valence-corrected chi connectivity index (χ3v) is 4.62. The van der Waals surface area contributed by atoms with Crippen LogP contribution >= 0.6 is 11.8 Å². The molecule has 1 aliphatic rings. The van der Waals surface area contributed by atoms with Crippen LogP contribution < -0.4 is 5.32 Å². The van der Waals surface area contributed by atoms with Crippen molar-refractivity contribution in [2.24, 2.45) is 0 Å². The molecule has 1 N–H and O–H groups in total. The molecule has 3 heteroatoms. The van der Waals surface area contributed by atoms with Gasteiger partial charge in [-0.25, -0.2) is 4.39 Å². The first-order valence-electron chi connectivity index (χ1n) is 5.63. The van der Waals surface area contributed by atoms with Gasteiger partial charge in [-0.05, 0) is 31.5 Å². The molecule has 0 bridgehead atoms. The first-order chi connectivity index (χ1) is 7.48. The van der Waals surface area contributed by atoms with Crippen LogP contribution in [0.1, 0.15) is 32.4 Å². The van der Waals surface area contributed by atoms with Gasteiger partial charge in [0, 0.05) is 22.6 Å². The third-order valence-electron chi connectivity index (χ3n) is 2.93. The van der Waals surface area contributed by atoms with Crippen LogP contribution in [0.2, 0.25) is 0 Å². The Kier molecular flexibility index (Phi) is 3.27. The van der Waals surface area contributed by atoms with E-state index in [1.807, 2.05) is 17.8 Å². The van der Waals surface area contributed by atoms with Crippen molar-refractivity contribution in [3.63, 3.8) is 0 Å². The smallest absolute Gasteiger partial charge is 0.123 e. The van der Waals surface area contributed by atoms with E-state index in [9.17, 15) is 4.39 Å². The highest BCUT2D eigenvalue weighted by atomic mass is 32.2. The van der Waals surface area contributed by atoms with Gasteiger partial charge in [-0.15, -0.1) is 0 Å². The number of rotatable bonds is 1. The van der Waals surface area contributed by atoms with E-state index in [1.54, 1.807) is 12.1 Å². The van der Waals surface area contributed by atoms with E-state index in [0.717, 1.165) is 11.3 Å². The molecule has 0 aromatic heterocycles. The van der Waals surface area contributed by atoms with E-state index >= 15 is 0 Å². The maximum Gasteiger partial charge on any atom is 0.123 e. The standard InChI is InChI=1S/C13H18FNS/c1-9-12(15-13(2,3)8-16-9)10-5-4-6-11(14)7-10/h4-7,9,12,15H,8H2,1-3H3. The van der Waals surface area contributed by atoms with Crippen LogP contribution in [0.3, 0.4) is 0 Å². The van der Waals surface area contributed by atoms with Crippen LogP contribution in [0.4, 0.5) is 4.39 Å². The van der Waals surface area contributed by atoms with Crippen molar-refractivity contribution < 1.29 is 4.39 Å². The second kappa shape index (κ2) is 4.38. The molecular weight excluding hydrogens is 221 g/mol. The van der Waals surface area contributed by atoms with Gasteiger partial charge in [-0.1, -0.05) is 19.1 Å². The fourth-order valence-electron chi connectivity index (χ4n) is 2.07. The Bertz CT molecular complexity index is 378. The van der Waals surface area contributed by atoms with E-state index in [-0.39, 0.29) is 17.4 Å². The van der Waals surface area contributed by atoms with Crippen molar-refractivity contribution >= 4 is 11.8 Å². The summed E-state index contributed by atoms with van der Waals surface area (Å²) in [4.78, 5) is 0. The van der Waals surface area contributed by atoms with E-state index in [0.29, 0.717) is 5.25 Å². The summed E-state index contributed by atoms with van der Waals surface area (Å²) < 4.78 is 13.2. The van der Waals surface area contributed by atoms with Crippen LogP contribution in [0.25, 0.3) is 0 Å². The SMILES string of the molecule is CC1SCC(C)(C)NC1c1cccc(F)c1. The lowest BCUT2D eigenvalue weighted by Crippen LogP contribution is -2.50. The minimum atomic E-state index is -0.153.